The van der Waals surface area contributed by atoms with Gasteiger partial charge in [0.1, 0.15) is 23.7 Å². The van der Waals surface area contributed by atoms with Gasteiger partial charge in [-0.3, -0.25) is 9.59 Å². The van der Waals surface area contributed by atoms with Crippen molar-refractivity contribution < 1.29 is 18.4 Å². The SMILES string of the molecule is O=C(CC(=O)Nc1c(F)cccc1F)Nc1cccc(Br)c1. The molecule has 0 spiro atoms. The number of para-hydroxylation sites is 1. The van der Waals surface area contributed by atoms with Crippen LogP contribution in [0.2, 0.25) is 0 Å². The smallest absolute Gasteiger partial charge is 0.233 e. The van der Waals surface area contributed by atoms with Crippen molar-refractivity contribution in [3.8, 4) is 0 Å². The molecule has 0 aliphatic carbocycles. The van der Waals surface area contributed by atoms with Gasteiger partial charge in [-0.05, 0) is 30.3 Å². The summed E-state index contributed by atoms with van der Waals surface area (Å²) in [5.74, 6) is -3.20. The van der Waals surface area contributed by atoms with Gasteiger partial charge >= 0.3 is 0 Å². The molecule has 0 unspecified atom stereocenters. The number of halogens is 3. The third-order valence-corrected chi connectivity index (χ3v) is 3.15. The van der Waals surface area contributed by atoms with Crippen LogP contribution in [0, 0.1) is 11.6 Å². The van der Waals surface area contributed by atoms with E-state index in [4.69, 9.17) is 0 Å². The van der Waals surface area contributed by atoms with E-state index < -0.39 is 35.6 Å². The number of rotatable bonds is 4. The molecule has 0 aliphatic heterocycles. The Hall–Kier alpha value is -2.28. The van der Waals surface area contributed by atoms with E-state index in [0.717, 1.165) is 16.6 Å². The standard InChI is InChI=1S/C15H11BrF2N2O2/c16-9-3-1-4-10(7-9)19-13(21)8-14(22)20-15-11(17)5-2-6-12(15)18/h1-7H,8H2,(H,19,21)(H,20,22). The fraction of sp³-hybridized carbons (Fsp3) is 0.0667. The third kappa shape index (κ3) is 4.36. The summed E-state index contributed by atoms with van der Waals surface area (Å²) in [4.78, 5) is 23.4. The lowest BCUT2D eigenvalue weighted by atomic mass is 10.2. The van der Waals surface area contributed by atoms with Crippen LogP contribution in [-0.4, -0.2) is 11.8 Å². The Kier molecular flexibility index (Phi) is 5.21. The molecule has 0 radical (unpaired) electrons. The van der Waals surface area contributed by atoms with Gasteiger partial charge in [0.05, 0.1) is 0 Å². The monoisotopic (exact) mass is 368 g/mol. The average Bonchev–Trinajstić information content (AvgIpc) is 2.43. The van der Waals surface area contributed by atoms with Gasteiger partial charge in [0.15, 0.2) is 0 Å². The topological polar surface area (TPSA) is 58.2 Å². The zero-order valence-electron chi connectivity index (χ0n) is 11.2. The van der Waals surface area contributed by atoms with Crippen LogP contribution in [0.3, 0.4) is 0 Å². The van der Waals surface area contributed by atoms with Gasteiger partial charge in [0.2, 0.25) is 11.8 Å². The van der Waals surface area contributed by atoms with E-state index >= 15 is 0 Å². The van der Waals surface area contributed by atoms with Crippen molar-refractivity contribution in [3.63, 3.8) is 0 Å². The number of carbonyl (C=O) groups excluding carboxylic acids is 2. The van der Waals surface area contributed by atoms with E-state index in [1.165, 1.54) is 6.07 Å². The van der Waals surface area contributed by atoms with Crippen molar-refractivity contribution >= 4 is 39.1 Å². The van der Waals surface area contributed by atoms with Gasteiger partial charge in [-0.1, -0.05) is 28.1 Å². The van der Waals surface area contributed by atoms with Crippen LogP contribution in [0.15, 0.2) is 46.9 Å². The quantitative estimate of drug-likeness (QED) is 0.808. The van der Waals surface area contributed by atoms with Gasteiger partial charge in [-0.2, -0.15) is 0 Å². The van der Waals surface area contributed by atoms with Crippen LogP contribution in [0.5, 0.6) is 0 Å². The molecule has 0 saturated heterocycles. The summed E-state index contributed by atoms with van der Waals surface area (Å²) in [7, 11) is 0. The van der Waals surface area contributed by atoms with E-state index in [2.05, 4.69) is 21.2 Å². The Bertz CT molecular complexity index is 702. The molecular weight excluding hydrogens is 358 g/mol. The van der Waals surface area contributed by atoms with Crippen LogP contribution in [0.4, 0.5) is 20.2 Å². The second-order valence-electron chi connectivity index (χ2n) is 4.38. The first-order valence-corrected chi connectivity index (χ1v) is 7.04. The molecule has 0 aromatic heterocycles. The first-order valence-electron chi connectivity index (χ1n) is 6.25. The number of anilines is 2. The highest BCUT2D eigenvalue weighted by atomic mass is 79.9. The fourth-order valence-electron chi connectivity index (χ4n) is 1.72. The Balaban J connectivity index is 1.96. The second-order valence-corrected chi connectivity index (χ2v) is 5.30. The molecule has 0 saturated carbocycles. The van der Waals surface area contributed by atoms with Gasteiger partial charge in [-0.15, -0.1) is 0 Å². The molecule has 0 bridgehead atoms. The Labute approximate surface area is 133 Å². The van der Waals surface area contributed by atoms with Crippen LogP contribution in [-0.2, 0) is 9.59 Å². The molecule has 7 heteroatoms. The third-order valence-electron chi connectivity index (χ3n) is 2.66. The highest BCUT2D eigenvalue weighted by Gasteiger charge is 2.15. The maximum atomic E-state index is 13.4. The summed E-state index contributed by atoms with van der Waals surface area (Å²) < 4.78 is 27.5. The lowest BCUT2D eigenvalue weighted by Crippen LogP contribution is -2.22. The number of benzene rings is 2. The molecule has 2 rings (SSSR count). The molecule has 0 heterocycles. The first kappa shape index (κ1) is 16.1. The minimum absolute atomic E-state index is 0.504. The fourth-order valence-corrected chi connectivity index (χ4v) is 2.12. The van der Waals surface area contributed by atoms with Crippen molar-refractivity contribution in [3.05, 3.63) is 58.6 Å². The molecular formula is C15H11BrF2N2O2. The first-order chi connectivity index (χ1) is 10.5. The molecule has 0 aliphatic rings. The van der Waals surface area contributed by atoms with Crippen molar-refractivity contribution in [1.82, 2.24) is 0 Å². The van der Waals surface area contributed by atoms with Crippen LogP contribution < -0.4 is 10.6 Å². The van der Waals surface area contributed by atoms with Crippen molar-refractivity contribution in [2.45, 2.75) is 6.42 Å². The maximum Gasteiger partial charge on any atom is 0.233 e. The average molecular weight is 369 g/mol. The summed E-state index contributed by atoms with van der Waals surface area (Å²) in [6.07, 6.45) is -0.555. The van der Waals surface area contributed by atoms with E-state index in [1.807, 2.05) is 5.32 Å². The predicted octanol–water partition coefficient (Wildman–Crippen LogP) is 3.69. The molecule has 2 amide bonds. The Morgan fingerprint density at radius 1 is 0.955 bits per heavy atom. The maximum absolute atomic E-state index is 13.4. The largest absolute Gasteiger partial charge is 0.326 e. The van der Waals surface area contributed by atoms with E-state index in [9.17, 15) is 18.4 Å². The summed E-state index contributed by atoms with van der Waals surface area (Å²) in [6.45, 7) is 0. The van der Waals surface area contributed by atoms with E-state index in [0.29, 0.717) is 5.69 Å². The summed E-state index contributed by atoms with van der Waals surface area (Å²) >= 11 is 3.25. The van der Waals surface area contributed by atoms with Crippen molar-refractivity contribution in [2.24, 2.45) is 0 Å². The molecule has 2 aromatic carbocycles. The minimum Gasteiger partial charge on any atom is -0.326 e. The molecule has 114 valence electrons. The number of amides is 2. The number of carbonyl (C=O) groups is 2. The zero-order chi connectivity index (χ0) is 16.1. The van der Waals surface area contributed by atoms with Gasteiger partial charge in [0.25, 0.3) is 0 Å². The van der Waals surface area contributed by atoms with Crippen molar-refractivity contribution in [2.75, 3.05) is 10.6 Å². The zero-order valence-corrected chi connectivity index (χ0v) is 12.8. The van der Waals surface area contributed by atoms with Gasteiger partial charge in [0, 0.05) is 10.2 Å². The van der Waals surface area contributed by atoms with E-state index in [-0.39, 0.29) is 0 Å². The van der Waals surface area contributed by atoms with Gasteiger partial charge < -0.3 is 10.6 Å². The summed E-state index contributed by atoms with van der Waals surface area (Å²) in [5.41, 5.74) is -0.0630. The minimum atomic E-state index is -0.902. The van der Waals surface area contributed by atoms with Crippen LogP contribution in [0.1, 0.15) is 6.42 Å². The summed E-state index contributed by atoms with van der Waals surface area (Å²) in [5, 5.41) is 4.56. The van der Waals surface area contributed by atoms with Gasteiger partial charge in [-0.25, -0.2) is 8.78 Å². The van der Waals surface area contributed by atoms with Crippen LogP contribution in [0.25, 0.3) is 0 Å². The second kappa shape index (κ2) is 7.13. The Morgan fingerprint density at radius 2 is 1.55 bits per heavy atom. The van der Waals surface area contributed by atoms with Crippen molar-refractivity contribution in [1.29, 1.82) is 0 Å². The molecule has 2 aromatic rings. The predicted molar refractivity (Wildman–Crippen MR) is 82.4 cm³/mol. The normalized spacial score (nSPS) is 10.1. The van der Waals surface area contributed by atoms with E-state index in [1.54, 1.807) is 24.3 Å². The highest BCUT2D eigenvalue weighted by Crippen LogP contribution is 2.18. The molecule has 4 nitrogen and oxygen atoms in total. The number of nitrogens with one attached hydrogen (secondary N) is 2. The molecule has 22 heavy (non-hydrogen) atoms. The molecule has 2 N–H and O–H groups in total. The molecule has 0 atom stereocenters. The lowest BCUT2D eigenvalue weighted by Gasteiger charge is -2.08. The number of hydrogen-bond acceptors (Lipinski definition) is 2. The molecule has 0 fully saturated rings. The Morgan fingerprint density at radius 3 is 2.18 bits per heavy atom. The summed E-state index contributed by atoms with van der Waals surface area (Å²) in [6, 6.07) is 10.0. The highest BCUT2D eigenvalue weighted by molar-refractivity contribution is 9.10. The van der Waals surface area contributed by atoms with Crippen LogP contribution >= 0.6 is 15.9 Å². The number of hydrogen-bond donors (Lipinski definition) is 2. The lowest BCUT2D eigenvalue weighted by molar-refractivity contribution is -0.123.